The van der Waals surface area contributed by atoms with Crippen LogP contribution in [0.1, 0.15) is 20.8 Å². The molecule has 1 saturated heterocycles. The predicted octanol–water partition coefficient (Wildman–Crippen LogP) is 3.79. The van der Waals surface area contributed by atoms with Crippen molar-refractivity contribution in [1.29, 1.82) is 0 Å². The molecule has 176 valence electrons. The van der Waals surface area contributed by atoms with Crippen molar-refractivity contribution < 1.29 is 37.7 Å². The van der Waals surface area contributed by atoms with Crippen molar-refractivity contribution >= 4 is 41.3 Å². The zero-order valence-corrected chi connectivity index (χ0v) is 19.5. The Kier molecular flexibility index (Phi) is 8.15. The van der Waals surface area contributed by atoms with Crippen LogP contribution in [0.15, 0.2) is 36.5 Å². The van der Waals surface area contributed by atoms with E-state index in [1.165, 1.54) is 50.9 Å². The molecule has 0 amide bonds. The van der Waals surface area contributed by atoms with Gasteiger partial charge in [0.2, 0.25) is 5.95 Å². The molecular formula is C22H21ClFNO7S. The molecule has 1 fully saturated rings. The van der Waals surface area contributed by atoms with Crippen molar-refractivity contribution in [2.45, 2.75) is 44.5 Å². The summed E-state index contributed by atoms with van der Waals surface area (Å²) in [5, 5.41) is 0.233. The number of hydrogen-bond acceptors (Lipinski definition) is 9. The molecule has 0 saturated carbocycles. The summed E-state index contributed by atoms with van der Waals surface area (Å²) in [5.41, 5.74) is -0.143. The summed E-state index contributed by atoms with van der Waals surface area (Å²) < 4.78 is 36.2. The highest BCUT2D eigenvalue weighted by Gasteiger charge is 2.47. The number of benzene rings is 1. The average molecular weight is 498 g/mol. The summed E-state index contributed by atoms with van der Waals surface area (Å²) in [6, 6.07) is 7.85. The van der Waals surface area contributed by atoms with Gasteiger partial charge in [0.05, 0.1) is 5.02 Å². The van der Waals surface area contributed by atoms with Crippen molar-refractivity contribution in [3.05, 3.63) is 47.5 Å². The maximum atomic E-state index is 14.2. The molecule has 0 bridgehead atoms. The third kappa shape index (κ3) is 6.35. The Morgan fingerprint density at radius 3 is 2.33 bits per heavy atom. The topological polar surface area (TPSA) is 101 Å². The fourth-order valence-electron chi connectivity index (χ4n) is 3.30. The first-order valence-corrected chi connectivity index (χ1v) is 11.3. The minimum atomic E-state index is -1.11. The number of ether oxygens (including phenoxy) is 4. The summed E-state index contributed by atoms with van der Waals surface area (Å²) in [6.07, 6.45) is -1.72. The van der Waals surface area contributed by atoms with Gasteiger partial charge in [0, 0.05) is 38.3 Å². The zero-order chi connectivity index (χ0) is 24.1. The van der Waals surface area contributed by atoms with E-state index < -0.39 is 47.6 Å². The van der Waals surface area contributed by atoms with Crippen molar-refractivity contribution in [3.8, 4) is 16.9 Å². The number of thioether (sulfide) groups is 1. The van der Waals surface area contributed by atoms with Crippen LogP contribution >= 0.6 is 23.4 Å². The van der Waals surface area contributed by atoms with E-state index in [0.717, 1.165) is 0 Å². The first-order chi connectivity index (χ1) is 15.7. The van der Waals surface area contributed by atoms with Gasteiger partial charge in [0.25, 0.3) is 0 Å². The van der Waals surface area contributed by atoms with Crippen molar-refractivity contribution in [1.82, 2.24) is 4.98 Å². The number of carbonyl (C=O) groups excluding carboxylic acids is 3. The SMILES string of the molecule is CC(=O)O[C@@H]1[C@@H](OC(C)=O)[C@H](OC(C)=O)CS[C@H]1Oc1cc(-c2cccnc2F)ccc1Cl. The second-order valence-corrected chi connectivity index (χ2v) is 8.64. The van der Waals surface area contributed by atoms with Gasteiger partial charge in [-0.05, 0) is 29.8 Å². The highest BCUT2D eigenvalue weighted by molar-refractivity contribution is 7.99. The van der Waals surface area contributed by atoms with Gasteiger partial charge in [0.1, 0.15) is 5.75 Å². The van der Waals surface area contributed by atoms with E-state index >= 15 is 0 Å². The van der Waals surface area contributed by atoms with Gasteiger partial charge < -0.3 is 18.9 Å². The van der Waals surface area contributed by atoms with Gasteiger partial charge >= 0.3 is 17.9 Å². The molecule has 4 atom stereocenters. The van der Waals surface area contributed by atoms with Gasteiger partial charge in [-0.25, -0.2) is 4.98 Å². The lowest BCUT2D eigenvalue weighted by Gasteiger charge is -2.40. The van der Waals surface area contributed by atoms with Crippen molar-refractivity contribution in [2.75, 3.05) is 5.75 Å². The average Bonchev–Trinajstić information content (AvgIpc) is 2.73. The Labute approximate surface area is 198 Å². The molecule has 1 aromatic heterocycles. The molecule has 0 N–H and O–H groups in total. The van der Waals surface area contributed by atoms with E-state index in [4.69, 9.17) is 30.5 Å². The molecule has 1 aliphatic rings. The van der Waals surface area contributed by atoms with Crippen LogP contribution in [0, 0.1) is 5.95 Å². The normalized spacial score (nSPS) is 22.2. The molecule has 0 unspecified atom stereocenters. The largest absolute Gasteiger partial charge is 0.474 e. The van der Waals surface area contributed by atoms with E-state index in [1.807, 2.05) is 0 Å². The highest BCUT2D eigenvalue weighted by Crippen LogP contribution is 2.38. The molecule has 0 aliphatic carbocycles. The van der Waals surface area contributed by atoms with Gasteiger partial charge in [0.15, 0.2) is 23.7 Å². The van der Waals surface area contributed by atoms with Crippen LogP contribution in [0.5, 0.6) is 5.75 Å². The van der Waals surface area contributed by atoms with Gasteiger partial charge in [-0.1, -0.05) is 17.7 Å². The van der Waals surface area contributed by atoms with E-state index in [9.17, 15) is 18.8 Å². The maximum Gasteiger partial charge on any atom is 0.303 e. The third-order valence-corrected chi connectivity index (χ3v) is 6.08. The molecule has 1 aromatic carbocycles. The van der Waals surface area contributed by atoms with Crippen LogP contribution in [0.3, 0.4) is 0 Å². The lowest BCUT2D eigenvalue weighted by Crippen LogP contribution is -2.55. The number of nitrogens with zero attached hydrogens (tertiary/aromatic N) is 1. The zero-order valence-electron chi connectivity index (χ0n) is 17.9. The predicted molar refractivity (Wildman–Crippen MR) is 118 cm³/mol. The first-order valence-electron chi connectivity index (χ1n) is 9.86. The van der Waals surface area contributed by atoms with Crippen LogP contribution in [0.25, 0.3) is 11.1 Å². The number of halogens is 2. The minimum absolute atomic E-state index is 0.194. The Balaban J connectivity index is 1.93. The minimum Gasteiger partial charge on any atom is -0.474 e. The van der Waals surface area contributed by atoms with E-state index in [2.05, 4.69) is 4.98 Å². The molecule has 11 heteroatoms. The van der Waals surface area contributed by atoms with Crippen LogP contribution in [-0.2, 0) is 28.6 Å². The van der Waals surface area contributed by atoms with Crippen molar-refractivity contribution in [3.63, 3.8) is 0 Å². The first kappa shape index (κ1) is 24.8. The highest BCUT2D eigenvalue weighted by atomic mass is 35.5. The number of esters is 3. The molecule has 2 aromatic rings. The number of pyridine rings is 1. The second-order valence-electron chi connectivity index (χ2n) is 7.10. The molecule has 3 rings (SSSR count). The van der Waals surface area contributed by atoms with E-state index in [1.54, 1.807) is 18.2 Å². The van der Waals surface area contributed by atoms with Gasteiger partial charge in [-0.2, -0.15) is 4.39 Å². The molecule has 2 heterocycles. The number of rotatable bonds is 6. The molecule has 0 spiro atoms. The summed E-state index contributed by atoms with van der Waals surface area (Å²) in [4.78, 5) is 38.7. The smallest absolute Gasteiger partial charge is 0.303 e. The third-order valence-electron chi connectivity index (χ3n) is 4.55. The fraction of sp³-hybridized carbons (Fsp3) is 0.364. The Morgan fingerprint density at radius 1 is 1.03 bits per heavy atom. The summed E-state index contributed by atoms with van der Waals surface area (Å²) in [7, 11) is 0. The lowest BCUT2D eigenvalue weighted by molar-refractivity contribution is -0.186. The summed E-state index contributed by atoms with van der Waals surface area (Å²) in [5.74, 6) is -2.13. The Morgan fingerprint density at radius 2 is 1.70 bits per heavy atom. The number of carbonyl (C=O) groups is 3. The molecule has 0 radical (unpaired) electrons. The van der Waals surface area contributed by atoms with Crippen molar-refractivity contribution in [2.24, 2.45) is 0 Å². The lowest BCUT2D eigenvalue weighted by atomic mass is 10.1. The Bertz CT molecular complexity index is 1050. The summed E-state index contributed by atoms with van der Waals surface area (Å²) in [6.45, 7) is 3.61. The quantitative estimate of drug-likeness (QED) is 0.335. The number of hydrogen-bond donors (Lipinski definition) is 0. The summed E-state index contributed by atoms with van der Waals surface area (Å²) >= 11 is 7.50. The van der Waals surface area contributed by atoms with Crippen LogP contribution < -0.4 is 4.74 Å². The molecule has 33 heavy (non-hydrogen) atoms. The van der Waals surface area contributed by atoms with E-state index in [0.29, 0.717) is 5.56 Å². The molecular weight excluding hydrogens is 477 g/mol. The second kappa shape index (κ2) is 10.8. The van der Waals surface area contributed by atoms with E-state index in [-0.39, 0.29) is 22.1 Å². The standard InChI is InChI=1S/C22H21ClFNO7S/c1-11(26)29-18-10-33-22(20(31-13(3)28)19(18)30-12(2)27)32-17-9-14(6-7-16(17)23)15-5-4-8-25-21(15)24/h4-9,18-20,22H,10H2,1-3H3/t18-,19+,20-,22-/m1/s1. The molecule has 8 nitrogen and oxygen atoms in total. The number of aromatic nitrogens is 1. The van der Waals surface area contributed by atoms with Crippen LogP contribution in [0.2, 0.25) is 5.02 Å². The fourth-order valence-corrected chi connectivity index (χ4v) is 4.67. The van der Waals surface area contributed by atoms with Gasteiger partial charge in [-0.3, -0.25) is 14.4 Å². The molecule has 1 aliphatic heterocycles. The monoisotopic (exact) mass is 497 g/mol. The maximum absolute atomic E-state index is 14.2. The van der Waals surface area contributed by atoms with Crippen LogP contribution in [-0.4, -0.2) is 52.4 Å². The van der Waals surface area contributed by atoms with Crippen LogP contribution in [0.4, 0.5) is 4.39 Å². The van der Waals surface area contributed by atoms with Gasteiger partial charge in [-0.15, -0.1) is 11.8 Å². The Hall–Kier alpha value is -2.85.